The van der Waals surface area contributed by atoms with E-state index < -0.39 is 0 Å². The molecule has 0 unspecified atom stereocenters. The molecule has 5 nitrogen and oxygen atoms in total. The van der Waals surface area contributed by atoms with E-state index in [1.54, 1.807) is 10.7 Å². The van der Waals surface area contributed by atoms with Crippen LogP contribution in [0, 0.1) is 6.92 Å². The van der Waals surface area contributed by atoms with Crippen molar-refractivity contribution < 1.29 is 4.79 Å². The number of benzene rings is 1. The molecule has 94 valence electrons. The van der Waals surface area contributed by atoms with Gasteiger partial charge in [0.2, 0.25) is 0 Å². The summed E-state index contributed by atoms with van der Waals surface area (Å²) in [7, 11) is 0. The van der Waals surface area contributed by atoms with Gasteiger partial charge in [0.05, 0.1) is 0 Å². The molecule has 1 heterocycles. The molecule has 0 bridgehead atoms. The van der Waals surface area contributed by atoms with Gasteiger partial charge in [0.25, 0.3) is 0 Å². The van der Waals surface area contributed by atoms with E-state index in [0.717, 1.165) is 17.8 Å². The summed E-state index contributed by atoms with van der Waals surface area (Å²) in [4.78, 5) is 11.8. The highest BCUT2D eigenvalue weighted by Crippen LogP contribution is 2.13. The molecule has 18 heavy (non-hydrogen) atoms. The first-order valence-corrected chi connectivity index (χ1v) is 5.86. The summed E-state index contributed by atoms with van der Waals surface area (Å²) in [6.07, 6.45) is 1.82. The largest absolute Gasteiger partial charge is 0.324 e. The van der Waals surface area contributed by atoms with Gasteiger partial charge in [0.1, 0.15) is 0 Å². The molecule has 1 aromatic carbocycles. The Kier molecular flexibility index (Phi) is 3.62. The maximum atomic E-state index is 11.8. The fraction of sp³-hybridized carbons (Fsp3) is 0.231. The van der Waals surface area contributed by atoms with E-state index in [1.165, 1.54) is 0 Å². The highest BCUT2D eigenvalue weighted by atomic mass is 16.2. The lowest BCUT2D eigenvalue weighted by Gasteiger charge is -2.07. The van der Waals surface area contributed by atoms with Crippen molar-refractivity contribution in [1.29, 1.82) is 0 Å². The van der Waals surface area contributed by atoms with Crippen molar-refractivity contribution in [3.05, 3.63) is 42.1 Å². The van der Waals surface area contributed by atoms with Crippen molar-refractivity contribution in [2.24, 2.45) is 0 Å². The van der Waals surface area contributed by atoms with Gasteiger partial charge >= 0.3 is 6.03 Å². The van der Waals surface area contributed by atoms with Gasteiger partial charge in [-0.1, -0.05) is 18.2 Å². The number of hydrogen-bond donors (Lipinski definition) is 2. The monoisotopic (exact) mass is 244 g/mol. The zero-order chi connectivity index (χ0) is 13.0. The number of hydrogen-bond acceptors (Lipinski definition) is 2. The Hall–Kier alpha value is -2.30. The Morgan fingerprint density at radius 1 is 1.28 bits per heavy atom. The summed E-state index contributed by atoms with van der Waals surface area (Å²) in [6.45, 7) is 4.71. The van der Waals surface area contributed by atoms with Crippen LogP contribution in [0.1, 0.15) is 12.5 Å². The van der Waals surface area contributed by atoms with Crippen molar-refractivity contribution in [1.82, 2.24) is 9.78 Å². The molecule has 5 heteroatoms. The van der Waals surface area contributed by atoms with Crippen LogP contribution < -0.4 is 10.6 Å². The van der Waals surface area contributed by atoms with Crippen LogP contribution in [0.15, 0.2) is 36.5 Å². The van der Waals surface area contributed by atoms with E-state index in [2.05, 4.69) is 15.7 Å². The number of amides is 2. The minimum Gasteiger partial charge on any atom is -0.307 e. The molecule has 2 rings (SSSR count). The normalized spacial score (nSPS) is 10.1. The Balaban J connectivity index is 1.99. The molecular weight excluding hydrogens is 228 g/mol. The van der Waals surface area contributed by atoms with Crippen LogP contribution in [-0.4, -0.2) is 15.8 Å². The number of nitrogens with zero attached hydrogens (tertiary/aromatic N) is 2. The Morgan fingerprint density at radius 2 is 2.06 bits per heavy atom. The van der Waals surface area contributed by atoms with E-state index >= 15 is 0 Å². The first-order valence-electron chi connectivity index (χ1n) is 5.86. The molecule has 0 aliphatic heterocycles. The third kappa shape index (κ3) is 2.88. The quantitative estimate of drug-likeness (QED) is 0.872. The molecule has 0 spiro atoms. The number of nitrogens with one attached hydrogen (secondary N) is 2. The van der Waals surface area contributed by atoms with Gasteiger partial charge in [0, 0.05) is 24.5 Å². The van der Waals surface area contributed by atoms with Gasteiger partial charge < -0.3 is 5.32 Å². The molecule has 2 N–H and O–H groups in total. The topological polar surface area (TPSA) is 59.0 Å². The average Bonchev–Trinajstić information content (AvgIpc) is 2.80. The van der Waals surface area contributed by atoms with Crippen LogP contribution in [0.4, 0.5) is 16.3 Å². The number of para-hydroxylation sites is 1. The Morgan fingerprint density at radius 3 is 2.72 bits per heavy atom. The van der Waals surface area contributed by atoms with Gasteiger partial charge in [-0.3, -0.25) is 10.00 Å². The van der Waals surface area contributed by atoms with E-state index in [1.807, 2.05) is 44.3 Å². The number of rotatable bonds is 3. The maximum Gasteiger partial charge on any atom is 0.324 e. The highest BCUT2D eigenvalue weighted by molar-refractivity contribution is 5.99. The van der Waals surface area contributed by atoms with Gasteiger partial charge in [-0.15, -0.1) is 0 Å². The van der Waals surface area contributed by atoms with E-state index in [4.69, 9.17) is 0 Å². The zero-order valence-corrected chi connectivity index (χ0v) is 10.5. The van der Waals surface area contributed by atoms with Gasteiger partial charge in [0.15, 0.2) is 5.82 Å². The molecule has 0 saturated carbocycles. The number of anilines is 2. The number of aryl methyl sites for hydroxylation is 2. The summed E-state index contributed by atoms with van der Waals surface area (Å²) < 4.78 is 1.75. The second-order valence-electron chi connectivity index (χ2n) is 3.95. The minimum atomic E-state index is -0.286. The molecule has 2 amide bonds. The highest BCUT2D eigenvalue weighted by Gasteiger charge is 2.05. The molecule has 0 saturated heterocycles. The van der Waals surface area contributed by atoms with Crippen molar-refractivity contribution in [3.63, 3.8) is 0 Å². The maximum absolute atomic E-state index is 11.8. The molecule has 0 aliphatic carbocycles. The third-order valence-corrected chi connectivity index (χ3v) is 2.60. The lowest BCUT2D eigenvalue weighted by molar-refractivity contribution is 0.262. The summed E-state index contributed by atoms with van der Waals surface area (Å²) in [5, 5.41) is 9.65. The predicted octanol–water partition coefficient (Wildman–Crippen LogP) is 2.86. The standard InChI is InChI=1S/C13H16N4O/c1-3-17-9-8-12(16-17)15-13(18)14-11-7-5-4-6-10(11)2/h4-9H,3H2,1-2H3,(H2,14,15,16,18). The van der Waals surface area contributed by atoms with Crippen molar-refractivity contribution in [2.75, 3.05) is 10.6 Å². The number of carbonyl (C=O) groups is 1. The van der Waals surface area contributed by atoms with Crippen LogP contribution in [0.5, 0.6) is 0 Å². The zero-order valence-electron chi connectivity index (χ0n) is 10.5. The van der Waals surface area contributed by atoms with E-state index in [0.29, 0.717) is 5.82 Å². The van der Waals surface area contributed by atoms with Crippen LogP contribution in [0.2, 0.25) is 0 Å². The lowest BCUT2D eigenvalue weighted by Crippen LogP contribution is -2.20. The van der Waals surface area contributed by atoms with E-state index in [9.17, 15) is 4.79 Å². The molecule has 0 fully saturated rings. The summed E-state index contributed by atoms with van der Waals surface area (Å²) in [6, 6.07) is 9.10. The number of carbonyl (C=O) groups excluding carboxylic acids is 1. The second kappa shape index (κ2) is 5.35. The SMILES string of the molecule is CCn1ccc(NC(=O)Nc2ccccc2C)n1. The van der Waals surface area contributed by atoms with Crippen LogP contribution in [-0.2, 0) is 6.54 Å². The van der Waals surface area contributed by atoms with Gasteiger partial charge in [-0.2, -0.15) is 5.10 Å². The second-order valence-corrected chi connectivity index (χ2v) is 3.95. The summed E-state index contributed by atoms with van der Waals surface area (Å²) in [5.74, 6) is 0.544. The first-order chi connectivity index (χ1) is 8.69. The molecule has 0 aliphatic rings. The van der Waals surface area contributed by atoms with Crippen LogP contribution in [0.25, 0.3) is 0 Å². The smallest absolute Gasteiger partial charge is 0.307 e. The minimum absolute atomic E-state index is 0.286. The summed E-state index contributed by atoms with van der Waals surface area (Å²) in [5.41, 5.74) is 1.82. The Bertz CT molecular complexity index is 547. The van der Waals surface area contributed by atoms with Crippen LogP contribution in [0.3, 0.4) is 0 Å². The molecule has 0 radical (unpaired) electrons. The van der Waals surface area contributed by atoms with Gasteiger partial charge in [-0.05, 0) is 25.5 Å². The number of urea groups is 1. The fourth-order valence-corrected chi connectivity index (χ4v) is 1.59. The third-order valence-electron chi connectivity index (χ3n) is 2.60. The van der Waals surface area contributed by atoms with Crippen molar-refractivity contribution >= 4 is 17.5 Å². The lowest BCUT2D eigenvalue weighted by atomic mass is 10.2. The molecule has 0 atom stereocenters. The molecular formula is C13H16N4O. The van der Waals surface area contributed by atoms with Crippen molar-refractivity contribution in [3.8, 4) is 0 Å². The fourth-order valence-electron chi connectivity index (χ4n) is 1.59. The van der Waals surface area contributed by atoms with Gasteiger partial charge in [-0.25, -0.2) is 4.79 Å². The average molecular weight is 244 g/mol. The molecule has 2 aromatic rings. The number of aromatic nitrogens is 2. The molecule has 1 aromatic heterocycles. The first kappa shape index (κ1) is 12.2. The van der Waals surface area contributed by atoms with E-state index in [-0.39, 0.29) is 6.03 Å². The Labute approximate surface area is 106 Å². The predicted molar refractivity (Wildman–Crippen MR) is 71.7 cm³/mol. The van der Waals surface area contributed by atoms with Crippen LogP contribution >= 0.6 is 0 Å². The van der Waals surface area contributed by atoms with Crippen molar-refractivity contribution in [2.45, 2.75) is 20.4 Å². The summed E-state index contributed by atoms with van der Waals surface area (Å²) >= 11 is 0.